The number of furan rings is 1. The molecule has 4 aromatic rings. The number of hydrogen-bond donors (Lipinski definition) is 1. The second-order valence-corrected chi connectivity index (χ2v) is 8.17. The molecule has 0 aliphatic carbocycles. The van der Waals surface area contributed by atoms with E-state index in [2.05, 4.69) is 19.9 Å². The summed E-state index contributed by atoms with van der Waals surface area (Å²) in [6, 6.07) is 7.03. The average molecular weight is 452 g/mol. The van der Waals surface area contributed by atoms with Crippen LogP contribution in [0.15, 0.2) is 51.3 Å². The van der Waals surface area contributed by atoms with Crippen LogP contribution in [0.3, 0.4) is 0 Å². The smallest absolute Gasteiger partial charge is 0.340 e. The lowest BCUT2D eigenvalue weighted by Gasteiger charge is -2.27. The Balaban J connectivity index is 1.32. The standard InChI is InChI=1S/C22H20N4O5S/c1-13(31-22(28)14-4-5-17(23-11-14)26-6-9-29-10-7-26)19-24-20(27)18-15(12-32-21(18)25-19)16-3-2-8-30-16/h2-5,8,11-13H,6-7,9-10H2,1H3,(H,24,25,27). The topological polar surface area (TPSA) is 111 Å². The van der Waals surface area contributed by atoms with Crippen molar-refractivity contribution in [3.63, 3.8) is 0 Å². The van der Waals surface area contributed by atoms with Gasteiger partial charge in [-0.25, -0.2) is 14.8 Å². The molecule has 164 valence electrons. The third kappa shape index (κ3) is 3.90. The summed E-state index contributed by atoms with van der Waals surface area (Å²) in [5, 5.41) is 2.28. The summed E-state index contributed by atoms with van der Waals surface area (Å²) in [7, 11) is 0. The fourth-order valence-corrected chi connectivity index (χ4v) is 4.48. The number of aromatic nitrogens is 3. The maximum Gasteiger partial charge on any atom is 0.340 e. The number of H-pyrrole nitrogens is 1. The molecule has 1 aliphatic rings. The highest BCUT2D eigenvalue weighted by Crippen LogP contribution is 2.31. The van der Waals surface area contributed by atoms with E-state index in [1.54, 1.807) is 37.5 Å². The zero-order valence-corrected chi connectivity index (χ0v) is 18.1. The Morgan fingerprint density at radius 2 is 2.12 bits per heavy atom. The van der Waals surface area contributed by atoms with E-state index in [4.69, 9.17) is 13.9 Å². The number of pyridine rings is 1. The van der Waals surface area contributed by atoms with E-state index < -0.39 is 12.1 Å². The second kappa shape index (κ2) is 8.56. The molecular formula is C22H20N4O5S. The summed E-state index contributed by atoms with van der Waals surface area (Å²) in [6.45, 7) is 4.51. The van der Waals surface area contributed by atoms with E-state index in [9.17, 15) is 9.59 Å². The molecule has 5 heterocycles. The SMILES string of the molecule is CC(OC(=O)c1ccc(N2CCOCC2)nc1)c1nc2scc(-c3ccco3)c2c(=O)[nH]1. The maximum absolute atomic E-state index is 12.7. The number of nitrogens with zero attached hydrogens (tertiary/aromatic N) is 3. The molecule has 1 saturated heterocycles. The van der Waals surface area contributed by atoms with Gasteiger partial charge in [0.15, 0.2) is 11.9 Å². The van der Waals surface area contributed by atoms with Gasteiger partial charge in [-0.1, -0.05) is 0 Å². The van der Waals surface area contributed by atoms with Gasteiger partial charge < -0.3 is 23.8 Å². The Morgan fingerprint density at radius 1 is 1.28 bits per heavy atom. The molecule has 32 heavy (non-hydrogen) atoms. The number of esters is 1. The van der Waals surface area contributed by atoms with Gasteiger partial charge in [0.25, 0.3) is 5.56 Å². The van der Waals surface area contributed by atoms with E-state index in [0.717, 1.165) is 18.9 Å². The molecule has 1 N–H and O–H groups in total. The number of thiophene rings is 1. The third-order valence-corrected chi connectivity index (χ3v) is 6.11. The van der Waals surface area contributed by atoms with Crippen LogP contribution < -0.4 is 10.5 Å². The van der Waals surface area contributed by atoms with Crippen LogP contribution in [0.4, 0.5) is 5.82 Å². The van der Waals surface area contributed by atoms with Crippen molar-refractivity contribution in [1.29, 1.82) is 0 Å². The lowest BCUT2D eigenvalue weighted by atomic mass is 10.2. The Labute approximate surface area is 186 Å². The number of nitrogens with one attached hydrogen (secondary N) is 1. The number of carbonyl (C=O) groups excluding carboxylic acids is 1. The minimum atomic E-state index is -0.743. The number of carbonyl (C=O) groups is 1. The fraction of sp³-hybridized carbons (Fsp3) is 0.273. The molecule has 1 fully saturated rings. The number of fused-ring (bicyclic) bond motifs is 1. The number of aromatic amines is 1. The molecule has 0 amide bonds. The number of rotatable bonds is 5. The molecule has 0 bridgehead atoms. The Bertz CT molecular complexity index is 1290. The first-order chi connectivity index (χ1) is 15.6. The number of hydrogen-bond acceptors (Lipinski definition) is 9. The van der Waals surface area contributed by atoms with E-state index >= 15 is 0 Å². The van der Waals surface area contributed by atoms with Gasteiger partial charge in [0.1, 0.15) is 16.4 Å². The van der Waals surface area contributed by atoms with Crippen LogP contribution >= 0.6 is 11.3 Å². The number of morpholine rings is 1. The van der Waals surface area contributed by atoms with Crippen LogP contribution in [0.5, 0.6) is 0 Å². The Morgan fingerprint density at radius 3 is 2.84 bits per heavy atom. The van der Waals surface area contributed by atoms with E-state index in [-0.39, 0.29) is 11.4 Å². The predicted octanol–water partition coefficient (Wildman–Crippen LogP) is 3.39. The second-order valence-electron chi connectivity index (χ2n) is 7.31. The molecule has 0 radical (unpaired) electrons. The van der Waals surface area contributed by atoms with Crippen molar-refractivity contribution in [1.82, 2.24) is 15.0 Å². The van der Waals surface area contributed by atoms with Gasteiger partial charge in [-0.05, 0) is 31.2 Å². The molecule has 0 aromatic carbocycles. The van der Waals surface area contributed by atoms with Gasteiger partial charge in [0, 0.05) is 30.2 Å². The molecular weight excluding hydrogens is 432 g/mol. The normalized spacial score (nSPS) is 15.1. The van der Waals surface area contributed by atoms with Crippen LogP contribution in [0.25, 0.3) is 21.5 Å². The molecule has 9 nitrogen and oxygen atoms in total. The maximum atomic E-state index is 12.7. The van der Waals surface area contributed by atoms with Crippen LogP contribution in [0.1, 0.15) is 29.2 Å². The highest BCUT2D eigenvalue weighted by molar-refractivity contribution is 7.17. The van der Waals surface area contributed by atoms with Gasteiger partial charge in [0.2, 0.25) is 0 Å². The van der Waals surface area contributed by atoms with Crippen LogP contribution in [0.2, 0.25) is 0 Å². The molecule has 10 heteroatoms. The highest BCUT2D eigenvalue weighted by atomic mass is 32.1. The molecule has 1 unspecified atom stereocenters. The third-order valence-electron chi connectivity index (χ3n) is 5.24. The fourth-order valence-electron chi connectivity index (χ4n) is 3.54. The van der Waals surface area contributed by atoms with Gasteiger partial charge >= 0.3 is 5.97 Å². The number of ether oxygens (including phenoxy) is 2. The lowest BCUT2D eigenvalue weighted by molar-refractivity contribution is 0.0319. The summed E-state index contributed by atoms with van der Waals surface area (Å²) < 4.78 is 16.3. The van der Waals surface area contributed by atoms with Crippen LogP contribution in [-0.4, -0.2) is 47.2 Å². The van der Waals surface area contributed by atoms with Crippen molar-refractivity contribution in [2.75, 3.05) is 31.2 Å². The Kier molecular flexibility index (Phi) is 5.46. The van der Waals surface area contributed by atoms with E-state index in [1.165, 1.54) is 17.5 Å². The minimum Gasteiger partial charge on any atom is -0.464 e. The van der Waals surface area contributed by atoms with Gasteiger partial charge in [0.05, 0.1) is 30.4 Å². The predicted molar refractivity (Wildman–Crippen MR) is 119 cm³/mol. The molecule has 0 spiro atoms. The summed E-state index contributed by atoms with van der Waals surface area (Å²) in [4.78, 5) is 39.6. The largest absolute Gasteiger partial charge is 0.464 e. The molecule has 0 saturated carbocycles. The summed E-state index contributed by atoms with van der Waals surface area (Å²) >= 11 is 1.33. The summed E-state index contributed by atoms with van der Waals surface area (Å²) in [5.74, 6) is 1.13. The molecule has 5 rings (SSSR count). The average Bonchev–Trinajstić information content (AvgIpc) is 3.50. The van der Waals surface area contributed by atoms with Crippen molar-refractivity contribution in [3.05, 3.63) is 63.8 Å². The molecule has 1 aliphatic heterocycles. The molecule has 1 atom stereocenters. The zero-order valence-electron chi connectivity index (χ0n) is 17.2. The monoisotopic (exact) mass is 452 g/mol. The summed E-state index contributed by atoms with van der Waals surface area (Å²) in [6.07, 6.45) is 2.31. The van der Waals surface area contributed by atoms with Crippen molar-refractivity contribution in [2.24, 2.45) is 0 Å². The molecule has 4 aromatic heterocycles. The first-order valence-electron chi connectivity index (χ1n) is 10.1. The summed E-state index contributed by atoms with van der Waals surface area (Å²) in [5.41, 5.74) is 0.706. The van der Waals surface area contributed by atoms with Crippen LogP contribution in [-0.2, 0) is 9.47 Å². The van der Waals surface area contributed by atoms with Gasteiger partial charge in [-0.2, -0.15) is 0 Å². The van der Waals surface area contributed by atoms with Crippen molar-refractivity contribution < 1.29 is 18.7 Å². The number of anilines is 1. The lowest BCUT2D eigenvalue weighted by Crippen LogP contribution is -2.36. The Hall–Kier alpha value is -3.50. The van der Waals surface area contributed by atoms with E-state index in [0.29, 0.717) is 40.3 Å². The van der Waals surface area contributed by atoms with Crippen molar-refractivity contribution in [2.45, 2.75) is 13.0 Å². The van der Waals surface area contributed by atoms with Crippen LogP contribution in [0, 0.1) is 0 Å². The zero-order chi connectivity index (χ0) is 22.1. The first-order valence-corrected chi connectivity index (χ1v) is 11.0. The van der Waals surface area contributed by atoms with Gasteiger partial charge in [-0.3, -0.25) is 4.79 Å². The minimum absolute atomic E-state index is 0.279. The van der Waals surface area contributed by atoms with Crippen molar-refractivity contribution in [3.8, 4) is 11.3 Å². The van der Waals surface area contributed by atoms with Crippen molar-refractivity contribution >= 4 is 33.3 Å². The quantitative estimate of drug-likeness (QED) is 0.459. The van der Waals surface area contributed by atoms with Gasteiger partial charge in [-0.15, -0.1) is 11.3 Å². The highest BCUT2D eigenvalue weighted by Gasteiger charge is 2.20. The first kappa shape index (κ1) is 20.4. The van der Waals surface area contributed by atoms with E-state index in [1.807, 2.05) is 5.38 Å².